The Bertz CT molecular complexity index is 1980. The van der Waals surface area contributed by atoms with Crippen molar-refractivity contribution in [3.63, 3.8) is 0 Å². The van der Waals surface area contributed by atoms with E-state index < -0.39 is 35.3 Å². The van der Waals surface area contributed by atoms with Gasteiger partial charge in [0.25, 0.3) is 0 Å². The van der Waals surface area contributed by atoms with Crippen LogP contribution in [0.25, 0.3) is 10.9 Å². The Morgan fingerprint density at radius 1 is 0.911 bits per heavy atom. The zero-order valence-electron chi connectivity index (χ0n) is 22.8. The van der Waals surface area contributed by atoms with Gasteiger partial charge in [-0.15, -0.1) is 5.53 Å². The van der Waals surface area contributed by atoms with Crippen LogP contribution in [0, 0.1) is 40.5 Å². The van der Waals surface area contributed by atoms with Crippen molar-refractivity contribution in [3.05, 3.63) is 136 Å². The van der Waals surface area contributed by atoms with Crippen LogP contribution < -0.4 is 21.6 Å². The second kappa shape index (κ2) is 12.3. The third-order valence-corrected chi connectivity index (χ3v) is 7.25. The Kier molecular flexibility index (Phi) is 8.08. The van der Waals surface area contributed by atoms with E-state index in [1.165, 1.54) is 29.4 Å². The number of hydrogen-bond donors (Lipinski definition) is 4. The molecule has 0 bridgehead atoms. The summed E-state index contributed by atoms with van der Waals surface area (Å²) in [4.78, 5) is 7.68. The minimum atomic E-state index is -1.27. The standard InChI is InChI=1S/C31H20ClF5N8/c32-23-9-19(8-21-28(17(11-38)12-39-30(21)23)42-20-10-26(36)31(37)40-13-20)41-29(16-4-6-18(33)7-5-16)27-15-45(44-43-27)14-22-24(34)2-1-3-25(22)35/h1-10,12-13,15,29,41,43-44H,14H2,(H,39,42). The molecule has 1 aliphatic heterocycles. The number of fused-ring (bicyclic) bond motifs is 1. The van der Waals surface area contributed by atoms with Gasteiger partial charge in [0.2, 0.25) is 5.95 Å². The van der Waals surface area contributed by atoms with Gasteiger partial charge < -0.3 is 16.1 Å². The lowest BCUT2D eigenvalue weighted by Crippen LogP contribution is -2.37. The summed E-state index contributed by atoms with van der Waals surface area (Å²) in [5.74, 6) is -4.31. The number of aromatic nitrogens is 2. The van der Waals surface area contributed by atoms with E-state index in [4.69, 9.17) is 11.6 Å². The number of benzene rings is 3. The van der Waals surface area contributed by atoms with E-state index >= 15 is 0 Å². The number of rotatable bonds is 8. The number of hydrogen-bond acceptors (Lipinski definition) is 8. The van der Waals surface area contributed by atoms with Gasteiger partial charge >= 0.3 is 0 Å². The van der Waals surface area contributed by atoms with Crippen LogP contribution in [-0.4, -0.2) is 15.0 Å². The fraction of sp³-hybridized carbons (Fsp3) is 0.0645. The van der Waals surface area contributed by atoms with Crippen molar-refractivity contribution in [2.45, 2.75) is 12.6 Å². The first kappa shape index (κ1) is 29.6. The van der Waals surface area contributed by atoms with Gasteiger partial charge in [0.15, 0.2) is 5.82 Å². The summed E-state index contributed by atoms with van der Waals surface area (Å²) >= 11 is 6.63. The van der Waals surface area contributed by atoms with Crippen LogP contribution >= 0.6 is 11.6 Å². The molecular formula is C31H20ClF5N8. The highest BCUT2D eigenvalue weighted by Crippen LogP contribution is 2.37. The zero-order chi connectivity index (χ0) is 31.7. The molecule has 0 spiro atoms. The average molecular weight is 635 g/mol. The molecule has 0 radical (unpaired) electrons. The summed E-state index contributed by atoms with van der Waals surface area (Å²) in [5.41, 5.74) is 7.96. The highest BCUT2D eigenvalue weighted by atomic mass is 35.5. The van der Waals surface area contributed by atoms with Crippen molar-refractivity contribution in [3.8, 4) is 6.07 Å². The van der Waals surface area contributed by atoms with E-state index in [9.17, 15) is 27.2 Å². The first-order chi connectivity index (χ1) is 21.7. The summed E-state index contributed by atoms with van der Waals surface area (Å²) in [6, 6.07) is 14.8. The second-order valence-electron chi connectivity index (χ2n) is 9.91. The number of nitrogens with zero attached hydrogens (tertiary/aromatic N) is 4. The number of halogens is 6. The van der Waals surface area contributed by atoms with E-state index in [0.29, 0.717) is 27.9 Å². The molecule has 2 aromatic heterocycles. The minimum Gasteiger partial charge on any atom is -0.373 e. The molecule has 0 saturated heterocycles. The summed E-state index contributed by atoms with van der Waals surface area (Å²) in [6.07, 6.45) is 3.97. The van der Waals surface area contributed by atoms with E-state index in [-0.39, 0.29) is 34.1 Å². The lowest BCUT2D eigenvalue weighted by atomic mass is 10.0. The first-order valence-corrected chi connectivity index (χ1v) is 13.6. The molecule has 0 amide bonds. The number of nitriles is 1. The zero-order valence-corrected chi connectivity index (χ0v) is 23.6. The van der Waals surface area contributed by atoms with Gasteiger partial charge in [-0.3, -0.25) is 9.99 Å². The average Bonchev–Trinajstić information content (AvgIpc) is 3.49. The van der Waals surface area contributed by atoms with Gasteiger partial charge in [0.1, 0.15) is 23.5 Å². The summed E-state index contributed by atoms with van der Waals surface area (Å²) in [7, 11) is 0. The SMILES string of the molecule is N#Cc1cnc2c(Cl)cc(NC(C3=CN(Cc4c(F)cccc4F)NN3)c3ccc(F)cc3)cc2c1Nc1cnc(F)c(F)c1. The summed E-state index contributed by atoms with van der Waals surface area (Å²) < 4.78 is 69.8. The van der Waals surface area contributed by atoms with Crippen LogP contribution in [0.2, 0.25) is 5.02 Å². The molecule has 3 heterocycles. The normalized spacial score (nSPS) is 13.3. The predicted octanol–water partition coefficient (Wildman–Crippen LogP) is 7.11. The van der Waals surface area contributed by atoms with Gasteiger partial charge in [-0.25, -0.2) is 22.5 Å². The van der Waals surface area contributed by atoms with Gasteiger partial charge in [0, 0.05) is 35.1 Å². The molecule has 0 aliphatic carbocycles. The lowest BCUT2D eigenvalue weighted by Gasteiger charge is -2.22. The molecule has 14 heteroatoms. The van der Waals surface area contributed by atoms with Gasteiger partial charge in [-0.1, -0.05) is 29.8 Å². The largest absolute Gasteiger partial charge is 0.373 e. The Labute approximate surface area is 257 Å². The maximum atomic E-state index is 14.3. The molecule has 1 aliphatic rings. The number of anilines is 3. The highest BCUT2D eigenvalue weighted by molar-refractivity contribution is 6.36. The van der Waals surface area contributed by atoms with Crippen molar-refractivity contribution in [1.82, 2.24) is 25.9 Å². The maximum Gasteiger partial charge on any atom is 0.249 e. The molecule has 1 unspecified atom stereocenters. The Hall–Kier alpha value is -5.45. The van der Waals surface area contributed by atoms with Gasteiger partial charge in [0.05, 0.1) is 52.0 Å². The topological polar surface area (TPSA) is 101 Å². The molecule has 0 saturated carbocycles. The van der Waals surface area contributed by atoms with E-state index in [0.717, 1.165) is 24.4 Å². The van der Waals surface area contributed by atoms with Crippen LogP contribution in [0.4, 0.5) is 39.0 Å². The van der Waals surface area contributed by atoms with Crippen molar-refractivity contribution < 1.29 is 22.0 Å². The lowest BCUT2D eigenvalue weighted by molar-refractivity contribution is 0.255. The molecule has 226 valence electrons. The smallest absolute Gasteiger partial charge is 0.249 e. The van der Waals surface area contributed by atoms with E-state index in [1.807, 2.05) is 6.07 Å². The molecule has 5 aromatic rings. The molecule has 45 heavy (non-hydrogen) atoms. The van der Waals surface area contributed by atoms with Gasteiger partial charge in [-0.05, 0) is 42.0 Å². The molecule has 3 aromatic carbocycles. The third kappa shape index (κ3) is 6.14. The number of hydrazine groups is 2. The summed E-state index contributed by atoms with van der Waals surface area (Å²) in [5, 5.41) is 18.0. The Balaban J connectivity index is 1.39. The van der Waals surface area contributed by atoms with Crippen LogP contribution in [0.5, 0.6) is 0 Å². The minimum absolute atomic E-state index is 0.0781. The molecule has 6 rings (SSSR count). The van der Waals surface area contributed by atoms with Crippen LogP contribution in [0.1, 0.15) is 22.7 Å². The van der Waals surface area contributed by atoms with Crippen LogP contribution in [0.15, 0.2) is 85.0 Å². The van der Waals surface area contributed by atoms with Crippen LogP contribution in [-0.2, 0) is 6.54 Å². The molecule has 4 N–H and O–H groups in total. The first-order valence-electron chi connectivity index (χ1n) is 13.3. The van der Waals surface area contributed by atoms with Crippen molar-refractivity contribution in [2.24, 2.45) is 0 Å². The molecule has 0 fully saturated rings. The second-order valence-corrected chi connectivity index (χ2v) is 10.3. The fourth-order valence-electron chi connectivity index (χ4n) is 4.81. The summed E-state index contributed by atoms with van der Waals surface area (Å²) in [6.45, 7) is -0.149. The third-order valence-electron chi connectivity index (χ3n) is 6.97. The Morgan fingerprint density at radius 2 is 1.67 bits per heavy atom. The van der Waals surface area contributed by atoms with E-state index in [1.54, 1.807) is 30.5 Å². The van der Waals surface area contributed by atoms with Gasteiger partial charge in [-0.2, -0.15) is 9.65 Å². The molecule has 1 atom stereocenters. The fourth-order valence-corrected chi connectivity index (χ4v) is 5.08. The molecule has 8 nitrogen and oxygen atoms in total. The van der Waals surface area contributed by atoms with Crippen molar-refractivity contribution in [1.29, 1.82) is 5.26 Å². The Morgan fingerprint density at radius 3 is 2.38 bits per heavy atom. The maximum absolute atomic E-state index is 14.3. The van der Waals surface area contributed by atoms with Crippen LogP contribution in [0.3, 0.4) is 0 Å². The quantitative estimate of drug-likeness (QED) is 0.106. The monoisotopic (exact) mass is 634 g/mol. The number of nitrogens with one attached hydrogen (secondary N) is 4. The van der Waals surface area contributed by atoms with Crippen molar-refractivity contribution >= 4 is 39.6 Å². The predicted molar refractivity (Wildman–Crippen MR) is 158 cm³/mol. The number of pyridine rings is 2. The molecular weight excluding hydrogens is 615 g/mol. The highest BCUT2D eigenvalue weighted by Gasteiger charge is 2.25. The van der Waals surface area contributed by atoms with E-state index in [2.05, 4.69) is 31.6 Å². The van der Waals surface area contributed by atoms with Crippen molar-refractivity contribution in [2.75, 3.05) is 10.6 Å².